The summed E-state index contributed by atoms with van der Waals surface area (Å²) in [5.41, 5.74) is 0.746. The van der Waals surface area contributed by atoms with Crippen LogP contribution in [0.15, 0.2) is 29.3 Å². The van der Waals surface area contributed by atoms with Gasteiger partial charge in [-0.25, -0.2) is 0 Å². The van der Waals surface area contributed by atoms with Gasteiger partial charge in [0.1, 0.15) is 19.7 Å². The molecule has 0 saturated carbocycles. The summed E-state index contributed by atoms with van der Waals surface area (Å²) < 4.78 is -0.361. The fourth-order valence-corrected chi connectivity index (χ4v) is 6.77. The van der Waals surface area contributed by atoms with Gasteiger partial charge < -0.3 is 10.2 Å². The number of aliphatic imine (C=N–C) groups is 1. The van der Waals surface area contributed by atoms with Crippen molar-refractivity contribution >= 4 is 57.1 Å². The predicted octanol–water partition coefficient (Wildman–Crippen LogP) is 2.47. The Morgan fingerprint density at radius 3 is 2.82 bits per heavy atom. The Morgan fingerprint density at radius 1 is 1.45 bits per heavy atom. The highest BCUT2D eigenvalue weighted by atomic mass is 127. The summed E-state index contributed by atoms with van der Waals surface area (Å²) in [6.45, 7) is 0. The lowest BCUT2D eigenvalue weighted by Crippen LogP contribution is -2.49. The Kier molecular flexibility index (Phi) is 4.64. The second-order valence-electron chi connectivity index (χ2n) is 5.16. The maximum absolute atomic E-state index is 11.3. The van der Waals surface area contributed by atoms with Gasteiger partial charge in [-0.2, -0.15) is 0 Å². The molecule has 8 heteroatoms. The van der Waals surface area contributed by atoms with Crippen molar-refractivity contribution in [2.24, 2.45) is 4.99 Å². The largest absolute Gasteiger partial charge is 0.507 e. The molecule has 1 aromatic carbocycles. The van der Waals surface area contributed by atoms with E-state index in [0.29, 0.717) is 5.75 Å². The monoisotopic (exact) mass is 450 g/mol. The van der Waals surface area contributed by atoms with Gasteiger partial charge in [-0.1, -0.05) is 12.1 Å². The van der Waals surface area contributed by atoms with Gasteiger partial charge in [0, 0.05) is 17.1 Å². The van der Waals surface area contributed by atoms with Crippen LogP contribution in [0, 0.1) is 0 Å². The van der Waals surface area contributed by atoms with Crippen molar-refractivity contribution in [3.05, 3.63) is 29.8 Å². The minimum absolute atomic E-state index is 0.00736. The number of hydrogen-bond donors (Lipinski definition) is 2. The number of para-hydroxylation sites is 1. The van der Waals surface area contributed by atoms with Crippen LogP contribution >= 0.6 is 46.1 Å². The van der Waals surface area contributed by atoms with Crippen LogP contribution in [-0.4, -0.2) is 59.6 Å². The number of benzene rings is 1. The number of carbonyl (C=O) groups is 1. The van der Waals surface area contributed by atoms with E-state index < -0.39 is 12.0 Å². The number of halogens is 1. The Hall–Kier alpha value is -0.450. The van der Waals surface area contributed by atoms with E-state index in [1.165, 1.54) is 0 Å². The first kappa shape index (κ1) is 16.4. The van der Waals surface area contributed by atoms with Crippen LogP contribution < -0.4 is 0 Å². The Balaban J connectivity index is 1.86. The Labute approximate surface area is 150 Å². The molecule has 118 valence electrons. The van der Waals surface area contributed by atoms with Crippen molar-refractivity contribution < 1.29 is 15.0 Å². The molecule has 0 unspecified atom stereocenters. The molecule has 0 bridgehead atoms. The number of phenols is 1. The van der Waals surface area contributed by atoms with Gasteiger partial charge in [0.15, 0.2) is 0 Å². The number of hydrogen-bond acceptors (Lipinski definition) is 6. The number of phenolic OH excluding ortho intramolecular Hbond substituents is 1. The molecule has 1 saturated heterocycles. The molecule has 1 aromatic rings. The molecule has 0 radical (unpaired) electrons. The zero-order chi connectivity index (χ0) is 15.9. The molecule has 2 aliphatic rings. The SMILES string of the molecule is CN1[C@@H](C(=O)O)CS[C@@]1(I)[C@@H]1CSC(c2ccccc2O)=N1. The van der Waals surface area contributed by atoms with Crippen LogP contribution in [0.1, 0.15) is 5.56 Å². The number of rotatable bonds is 3. The third kappa shape index (κ3) is 2.74. The fourth-order valence-electron chi connectivity index (χ4n) is 2.55. The Morgan fingerprint density at radius 2 is 2.18 bits per heavy atom. The van der Waals surface area contributed by atoms with Gasteiger partial charge in [0.05, 0.1) is 6.04 Å². The number of aliphatic carboxylic acids is 1. The molecule has 0 spiro atoms. The first-order valence-electron chi connectivity index (χ1n) is 6.71. The van der Waals surface area contributed by atoms with Crippen LogP contribution in [-0.2, 0) is 4.79 Å². The minimum atomic E-state index is -0.788. The lowest BCUT2D eigenvalue weighted by atomic mass is 10.2. The normalized spacial score (nSPS) is 32.2. The van der Waals surface area contributed by atoms with Gasteiger partial charge in [-0.3, -0.25) is 14.7 Å². The molecule has 3 atom stereocenters. The topological polar surface area (TPSA) is 73.1 Å². The van der Waals surface area contributed by atoms with E-state index in [0.717, 1.165) is 16.4 Å². The van der Waals surface area contributed by atoms with Crippen molar-refractivity contribution in [1.29, 1.82) is 0 Å². The molecule has 22 heavy (non-hydrogen) atoms. The second kappa shape index (κ2) is 6.21. The third-order valence-corrected chi connectivity index (χ3v) is 8.82. The molecule has 3 rings (SSSR count). The highest BCUT2D eigenvalue weighted by Gasteiger charge is 2.52. The zero-order valence-corrected chi connectivity index (χ0v) is 15.6. The molecule has 0 aromatic heterocycles. The standard InChI is InChI=1S/C14H15IN2O3S2/c1-17-9(13(19)20)6-22-14(17,15)11-7-21-12(16-11)8-4-2-3-5-10(8)18/h2-5,9,11,18H,6-7H2,1H3,(H,19,20)/t9-,11+,14-/m1/s1. The van der Waals surface area contributed by atoms with Crippen LogP contribution in [0.5, 0.6) is 5.75 Å². The summed E-state index contributed by atoms with van der Waals surface area (Å²) in [4.78, 5) is 18.0. The number of nitrogens with zero attached hydrogens (tertiary/aromatic N) is 2. The van der Waals surface area contributed by atoms with E-state index in [9.17, 15) is 15.0 Å². The first-order valence-corrected chi connectivity index (χ1v) is 9.76. The average molecular weight is 450 g/mol. The van der Waals surface area contributed by atoms with Crippen LogP contribution in [0.2, 0.25) is 0 Å². The summed E-state index contributed by atoms with van der Waals surface area (Å²) in [5.74, 6) is 0.796. The molecule has 2 heterocycles. The van der Waals surface area contributed by atoms with Crippen LogP contribution in [0.25, 0.3) is 0 Å². The van der Waals surface area contributed by atoms with Crippen LogP contribution in [0.3, 0.4) is 0 Å². The summed E-state index contributed by atoms with van der Waals surface area (Å²) >= 11 is 5.57. The van der Waals surface area contributed by atoms with Crippen molar-refractivity contribution in [2.75, 3.05) is 18.6 Å². The molecular weight excluding hydrogens is 435 g/mol. The Bertz CT molecular complexity index is 642. The van der Waals surface area contributed by atoms with E-state index in [4.69, 9.17) is 4.99 Å². The number of carboxylic acids is 1. The predicted molar refractivity (Wildman–Crippen MR) is 99.3 cm³/mol. The number of aromatic hydroxyl groups is 1. The quantitative estimate of drug-likeness (QED) is 0.419. The molecule has 0 aliphatic carbocycles. The highest BCUT2D eigenvalue weighted by Crippen LogP contribution is 2.50. The number of carboxylic acid groups (broad SMARTS) is 1. The molecule has 0 amide bonds. The van der Waals surface area contributed by atoms with Gasteiger partial charge in [-0.05, 0) is 41.8 Å². The van der Waals surface area contributed by atoms with E-state index in [1.807, 2.05) is 24.1 Å². The van der Waals surface area contributed by atoms with Crippen molar-refractivity contribution in [3.8, 4) is 5.75 Å². The zero-order valence-electron chi connectivity index (χ0n) is 11.8. The lowest BCUT2D eigenvalue weighted by Gasteiger charge is -2.34. The van der Waals surface area contributed by atoms with E-state index in [1.54, 1.807) is 35.7 Å². The molecule has 5 nitrogen and oxygen atoms in total. The van der Waals surface area contributed by atoms with E-state index in [-0.39, 0.29) is 14.7 Å². The second-order valence-corrected chi connectivity index (χ2v) is 9.79. The molecule has 2 aliphatic heterocycles. The first-order chi connectivity index (χ1) is 10.4. The van der Waals surface area contributed by atoms with Gasteiger partial charge in [0.2, 0.25) is 0 Å². The smallest absolute Gasteiger partial charge is 0.321 e. The van der Waals surface area contributed by atoms with Gasteiger partial charge in [-0.15, -0.1) is 23.5 Å². The van der Waals surface area contributed by atoms with Gasteiger partial charge in [0.25, 0.3) is 0 Å². The number of likely N-dealkylation sites (N-methyl/N-ethyl adjacent to an activating group) is 1. The van der Waals surface area contributed by atoms with Crippen molar-refractivity contribution in [1.82, 2.24) is 4.90 Å². The summed E-state index contributed by atoms with van der Waals surface area (Å²) in [7, 11) is 1.85. The molecule has 2 N–H and O–H groups in total. The van der Waals surface area contributed by atoms with Gasteiger partial charge >= 0.3 is 5.97 Å². The van der Waals surface area contributed by atoms with Crippen LogP contribution in [0.4, 0.5) is 0 Å². The van der Waals surface area contributed by atoms with E-state index >= 15 is 0 Å². The fraction of sp³-hybridized carbons (Fsp3) is 0.429. The summed E-state index contributed by atoms with van der Waals surface area (Å²) in [6, 6.07) is 6.69. The lowest BCUT2D eigenvalue weighted by molar-refractivity contribution is -0.141. The average Bonchev–Trinajstić information content (AvgIpc) is 3.07. The molecular formula is C14H15IN2O3S2. The molecule has 1 fully saturated rings. The van der Waals surface area contributed by atoms with Crippen molar-refractivity contribution in [3.63, 3.8) is 0 Å². The maximum Gasteiger partial charge on any atom is 0.321 e. The summed E-state index contributed by atoms with van der Waals surface area (Å²) in [5, 5.41) is 20.1. The third-order valence-electron chi connectivity index (χ3n) is 3.87. The highest BCUT2D eigenvalue weighted by molar-refractivity contribution is 14.1. The van der Waals surface area contributed by atoms with Crippen molar-refractivity contribution in [2.45, 2.75) is 15.0 Å². The number of thioether (sulfide) groups is 2. The number of alkyl halides is 1. The maximum atomic E-state index is 11.3. The van der Waals surface area contributed by atoms with E-state index in [2.05, 4.69) is 22.6 Å². The summed E-state index contributed by atoms with van der Waals surface area (Å²) in [6.07, 6.45) is 0. The minimum Gasteiger partial charge on any atom is -0.507 e.